The summed E-state index contributed by atoms with van der Waals surface area (Å²) in [5.74, 6) is -0.0644. The molecule has 0 fully saturated rings. The van der Waals surface area contributed by atoms with Crippen LogP contribution >= 0.6 is 11.6 Å². The van der Waals surface area contributed by atoms with Crippen molar-refractivity contribution in [2.24, 2.45) is 0 Å². The van der Waals surface area contributed by atoms with Crippen molar-refractivity contribution in [3.8, 4) is 0 Å². The molecule has 0 saturated carbocycles. The molecule has 1 amide bonds. The first kappa shape index (κ1) is 14.4. The van der Waals surface area contributed by atoms with Crippen LogP contribution in [0.2, 0.25) is 5.02 Å². The number of rotatable bonds is 5. The molecule has 0 aliphatic heterocycles. The van der Waals surface area contributed by atoms with Gasteiger partial charge in [0.15, 0.2) is 0 Å². The molecule has 104 valence electrons. The number of carbonyl (C=O) groups is 1. The van der Waals surface area contributed by atoms with E-state index in [0.717, 1.165) is 16.8 Å². The Balaban J connectivity index is 1.80. The zero-order valence-electron chi connectivity index (χ0n) is 11.3. The van der Waals surface area contributed by atoms with Gasteiger partial charge in [-0.05, 0) is 30.2 Å². The van der Waals surface area contributed by atoms with E-state index in [1.165, 1.54) is 0 Å². The molecule has 0 aliphatic carbocycles. The predicted octanol–water partition coefficient (Wildman–Crippen LogP) is 3.38. The van der Waals surface area contributed by atoms with Crippen molar-refractivity contribution in [2.45, 2.75) is 13.5 Å². The Morgan fingerprint density at radius 1 is 1.15 bits per heavy atom. The zero-order valence-corrected chi connectivity index (χ0v) is 12.1. The fourth-order valence-electron chi connectivity index (χ4n) is 1.80. The summed E-state index contributed by atoms with van der Waals surface area (Å²) in [7, 11) is 0. The van der Waals surface area contributed by atoms with Gasteiger partial charge in [0.05, 0.1) is 17.3 Å². The topological polar surface area (TPSA) is 41.1 Å². The minimum Gasteiger partial charge on any atom is -0.375 e. The zero-order chi connectivity index (χ0) is 14.4. The van der Waals surface area contributed by atoms with Crippen molar-refractivity contribution in [3.05, 3.63) is 64.7 Å². The highest BCUT2D eigenvalue weighted by Crippen LogP contribution is 2.22. The van der Waals surface area contributed by atoms with Crippen LogP contribution in [0.1, 0.15) is 11.1 Å². The van der Waals surface area contributed by atoms with Gasteiger partial charge in [0, 0.05) is 6.54 Å². The van der Waals surface area contributed by atoms with Gasteiger partial charge < -0.3 is 10.6 Å². The highest BCUT2D eigenvalue weighted by molar-refractivity contribution is 6.33. The molecule has 0 aliphatic rings. The third-order valence-electron chi connectivity index (χ3n) is 2.90. The maximum absolute atomic E-state index is 11.8. The quantitative estimate of drug-likeness (QED) is 0.885. The fraction of sp³-hybridized carbons (Fsp3) is 0.188. The highest BCUT2D eigenvalue weighted by Gasteiger charge is 2.04. The normalized spacial score (nSPS) is 10.1. The molecule has 0 heterocycles. The van der Waals surface area contributed by atoms with Crippen LogP contribution in [0.5, 0.6) is 0 Å². The Morgan fingerprint density at radius 3 is 2.60 bits per heavy atom. The Kier molecular flexibility index (Phi) is 5.02. The largest absolute Gasteiger partial charge is 0.375 e. The van der Waals surface area contributed by atoms with Crippen LogP contribution < -0.4 is 10.6 Å². The van der Waals surface area contributed by atoms with Crippen LogP contribution in [0, 0.1) is 6.92 Å². The van der Waals surface area contributed by atoms with Crippen molar-refractivity contribution in [3.63, 3.8) is 0 Å². The van der Waals surface area contributed by atoms with E-state index in [1.807, 2.05) is 55.5 Å². The molecule has 0 unspecified atom stereocenters. The Bertz CT molecular complexity index is 584. The lowest BCUT2D eigenvalue weighted by Crippen LogP contribution is -2.29. The van der Waals surface area contributed by atoms with Gasteiger partial charge in [-0.3, -0.25) is 4.79 Å². The first-order chi connectivity index (χ1) is 9.65. The molecule has 0 atom stereocenters. The Morgan fingerprint density at radius 2 is 1.90 bits per heavy atom. The molecule has 2 aromatic carbocycles. The number of hydrogen-bond donors (Lipinski definition) is 2. The van der Waals surface area contributed by atoms with E-state index >= 15 is 0 Å². The van der Waals surface area contributed by atoms with Crippen molar-refractivity contribution < 1.29 is 4.79 Å². The second kappa shape index (κ2) is 6.96. The van der Waals surface area contributed by atoms with Gasteiger partial charge >= 0.3 is 0 Å². The smallest absolute Gasteiger partial charge is 0.239 e. The van der Waals surface area contributed by atoms with Gasteiger partial charge in [0.2, 0.25) is 5.91 Å². The van der Waals surface area contributed by atoms with Gasteiger partial charge in [0.1, 0.15) is 0 Å². The van der Waals surface area contributed by atoms with Crippen molar-refractivity contribution in [1.82, 2.24) is 5.32 Å². The molecule has 0 spiro atoms. The number of halogens is 1. The molecule has 2 rings (SSSR count). The molecule has 0 saturated heterocycles. The van der Waals surface area contributed by atoms with Gasteiger partial charge in [-0.25, -0.2) is 0 Å². The van der Waals surface area contributed by atoms with Gasteiger partial charge in [-0.2, -0.15) is 0 Å². The van der Waals surface area contributed by atoms with E-state index in [9.17, 15) is 4.79 Å². The molecular formula is C16H17ClN2O. The number of benzene rings is 2. The van der Waals surface area contributed by atoms with E-state index in [2.05, 4.69) is 10.6 Å². The lowest BCUT2D eigenvalue weighted by molar-refractivity contribution is -0.119. The summed E-state index contributed by atoms with van der Waals surface area (Å²) >= 11 is 6.09. The van der Waals surface area contributed by atoms with Crippen LogP contribution in [-0.2, 0) is 11.3 Å². The minimum absolute atomic E-state index is 0.0644. The van der Waals surface area contributed by atoms with Crippen LogP contribution in [0.3, 0.4) is 0 Å². The molecule has 2 N–H and O–H groups in total. The van der Waals surface area contributed by atoms with Crippen LogP contribution in [0.4, 0.5) is 5.69 Å². The average molecular weight is 289 g/mol. The van der Waals surface area contributed by atoms with Gasteiger partial charge in [-0.15, -0.1) is 0 Å². The van der Waals surface area contributed by atoms with Crippen LogP contribution in [-0.4, -0.2) is 12.5 Å². The lowest BCUT2D eigenvalue weighted by Gasteiger charge is -2.09. The Hall–Kier alpha value is -2.00. The summed E-state index contributed by atoms with van der Waals surface area (Å²) in [5.41, 5.74) is 2.94. The summed E-state index contributed by atoms with van der Waals surface area (Å²) in [6.07, 6.45) is 0. The van der Waals surface area contributed by atoms with E-state index in [1.54, 1.807) is 0 Å². The van der Waals surface area contributed by atoms with E-state index in [4.69, 9.17) is 11.6 Å². The maximum Gasteiger partial charge on any atom is 0.239 e. The molecule has 0 radical (unpaired) electrons. The first-order valence-electron chi connectivity index (χ1n) is 6.46. The van der Waals surface area contributed by atoms with Crippen molar-refractivity contribution in [2.75, 3.05) is 11.9 Å². The van der Waals surface area contributed by atoms with Gasteiger partial charge in [-0.1, -0.05) is 48.0 Å². The number of hydrogen-bond acceptors (Lipinski definition) is 2. The standard InChI is InChI=1S/C16H17ClN2O/c1-12-7-8-15(14(17)9-12)18-11-16(20)19-10-13-5-3-2-4-6-13/h2-9,18H,10-11H2,1H3,(H,19,20). The SMILES string of the molecule is Cc1ccc(NCC(=O)NCc2ccccc2)c(Cl)c1. The maximum atomic E-state index is 11.8. The summed E-state index contributed by atoms with van der Waals surface area (Å²) < 4.78 is 0. The second-order valence-electron chi connectivity index (χ2n) is 4.60. The predicted molar refractivity (Wildman–Crippen MR) is 83.0 cm³/mol. The summed E-state index contributed by atoms with van der Waals surface area (Å²) in [4.78, 5) is 11.8. The lowest BCUT2D eigenvalue weighted by atomic mass is 10.2. The molecule has 3 nitrogen and oxygen atoms in total. The van der Waals surface area contributed by atoms with Crippen LogP contribution in [0.25, 0.3) is 0 Å². The number of anilines is 1. The molecule has 4 heteroatoms. The first-order valence-corrected chi connectivity index (χ1v) is 6.83. The van der Waals surface area contributed by atoms with Gasteiger partial charge in [0.25, 0.3) is 0 Å². The minimum atomic E-state index is -0.0644. The third kappa shape index (κ3) is 4.28. The molecule has 0 bridgehead atoms. The summed E-state index contributed by atoms with van der Waals surface area (Å²) in [6, 6.07) is 15.5. The highest BCUT2D eigenvalue weighted by atomic mass is 35.5. The third-order valence-corrected chi connectivity index (χ3v) is 3.21. The molecular weight excluding hydrogens is 272 g/mol. The monoisotopic (exact) mass is 288 g/mol. The number of carbonyl (C=O) groups excluding carboxylic acids is 1. The van der Waals surface area contributed by atoms with Crippen molar-refractivity contribution in [1.29, 1.82) is 0 Å². The summed E-state index contributed by atoms with van der Waals surface area (Å²) in [6.45, 7) is 2.71. The molecule has 20 heavy (non-hydrogen) atoms. The molecule has 2 aromatic rings. The molecule has 0 aromatic heterocycles. The van der Waals surface area contributed by atoms with Crippen LogP contribution in [0.15, 0.2) is 48.5 Å². The van der Waals surface area contributed by atoms with E-state index < -0.39 is 0 Å². The Labute approximate surface area is 124 Å². The number of nitrogens with one attached hydrogen (secondary N) is 2. The van der Waals surface area contributed by atoms with Crippen molar-refractivity contribution >= 4 is 23.2 Å². The van der Waals surface area contributed by atoms with E-state index in [0.29, 0.717) is 11.6 Å². The number of aryl methyl sites for hydroxylation is 1. The second-order valence-corrected chi connectivity index (χ2v) is 5.01. The average Bonchev–Trinajstić information content (AvgIpc) is 2.45. The number of amides is 1. The summed E-state index contributed by atoms with van der Waals surface area (Å²) in [5, 5.41) is 6.51. The van der Waals surface area contributed by atoms with E-state index in [-0.39, 0.29) is 12.5 Å². The fourth-order valence-corrected chi connectivity index (χ4v) is 2.10.